The molecular formula is C21H36N4O7. The van der Waals surface area contributed by atoms with Crippen molar-refractivity contribution in [2.24, 2.45) is 17.6 Å². The van der Waals surface area contributed by atoms with Gasteiger partial charge in [-0.05, 0) is 24.7 Å². The van der Waals surface area contributed by atoms with E-state index in [1.807, 2.05) is 13.8 Å². The summed E-state index contributed by atoms with van der Waals surface area (Å²) in [5.41, 5.74) is 5.62. The highest BCUT2D eigenvalue weighted by molar-refractivity contribution is 5.95. The van der Waals surface area contributed by atoms with E-state index >= 15 is 0 Å². The molecule has 6 atom stereocenters. The van der Waals surface area contributed by atoms with Crippen LogP contribution in [0, 0.1) is 11.8 Å². The van der Waals surface area contributed by atoms with Crippen LogP contribution in [0.2, 0.25) is 0 Å². The molecule has 32 heavy (non-hydrogen) atoms. The van der Waals surface area contributed by atoms with Crippen LogP contribution < -0.4 is 16.4 Å². The first kappa shape index (κ1) is 27.3. The Hall–Kier alpha value is -2.69. The molecule has 1 aliphatic rings. The Morgan fingerprint density at radius 1 is 1.00 bits per heavy atom. The number of carboxylic acid groups (broad SMARTS) is 2. The number of hydrogen-bond acceptors (Lipinski definition) is 6. The van der Waals surface area contributed by atoms with E-state index in [1.54, 1.807) is 13.8 Å². The third kappa shape index (κ3) is 7.18. The lowest BCUT2D eigenvalue weighted by Crippen LogP contribution is -2.58. The molecule has 1 saturated heterocycles. The van der Waals surface area contributed by atoms with Crippen LogP contribution in [0.1, 0.15) is 59.8 Å². The number of nitrogens with one attached hydrogen (secondary N) is 2. The van der Waals surface area contributed by atoms with Gasteiger partial charge in [-0.15, -0.1) is 0 Å². The van der Waals surface area contributed by atoms with Crippen LogP contribution in [0.4, 0.5) is 0 Å². The normalized spacial score (nSPS) is 20.5. The molecule has 0 aromatic heterocycles. The molecule has 3 amide bonds. The van der Waals surface area contributed by atoms with Gasteiger partial charge >= 0.3 is 11.9 Å². The molecule has 11 heteroatoms. The first-order valence-corrected chi connectivity index (χ1v) is 11.1. The van der Waals surface area contributed by atoms with Crippen LogP contribution in [0.3, 0.4) is 0 Å². The number of hydrogen-bond donors (Lipinski definition) is 5. The molecule has 1 fully saturated rings. The highest BCUT2D eigenvalue weighted by Gasteiger charge is 2.40. The largest absolute Gasteiger partial charge is 0.481 e. The topological polar surface area (TPSA) is 179 Å². The van der Waals surface area contributed by atoms with Gasteiger partial charge in [-0.25, -0.2) is 4.79 Å². The first-order chi connectivity index (χ1) is 14.9. The fourth-order valence-corrected chi connectivity index (χ4v) is 3.64. The number of amides is 3. The summed E-state index contributed by atoms with van der Waals surface area (Å²) < 4.78 is 0. The van der Waals surface area contributed by atoms with E-state index in [9.17, 15) is 29.1 Å². The average Bonchev–Trinajstić information content (AvgIpc) is 3.23. The van der Waals surface area contributed by atoms with Crippen molar-refractivity contribution < 1.29 is 34.2 Å². The fraction of sp³-hybridized carbons (Fsp3) is 0.762. The summed E-state index contributed by atoms with van der Waals surface area (Å²) in [7, 11) is 0. The molecule has 0 aromatic carbocycles. The zero-order valence-corrected chi connectivity index (χ0v) is 19.2. The van der Waals surface area contributed by atoms with Gasteiger partial charge in [-0.2, -0.15) is 0 Å². The van der Waals surface area contributed by atoms with Gasteiger partial charge in [0.25, 0.3) is 0 Å². The summed E-state index contributed by atoms with van der Waals surface area (Å²) in [5.74, 6) is -4.72. The smallest absolute Gasteiger partial charge is 0.326 e. The number of carbonyl (C=O) groups is 5. The molecule has 6 N–H and O–H groups in total. The van der Waals surface area contributed by atoms with E-state index in [1.165, 1.54) is 4.90 Å². The van der Waals surface area contributed by atoms with Gasteiger partial charge in [0.2, 0.25) is 17.7 Å². The van der Waals surface area contributed by atoms with Gasteiger partial charge in [0.1, 0.15) is 18.1 Å². The molecule has 0 aliphatic carbocycles. The minimum atomic E-state index is -1.31. The van der Waals surface area contributed by atoms with Crippen LogP contribution in [0.15, 0.2) is 0 Å². The second-order valence-corrected chi connectivity index (χ2v) is 8.48. The van der Waals surface area contributed by atoms with Crippen molar-refractivity contribution in [3.8, 4) is 0 Å². The van der Waals surface area contributed by atoms with Crippen LogP contribution in [0.5, 0.6) is 0 Å². The predicted molar refractivity (Wildman–Crippen MR) is 115 cm³/mol. The second-order valence-electron chi connectivity index (χ2n) is 8.48. The van der Waals surface area contributed by atoms with E-state index in [0.29, 0.717) is 32.2 Å². The molecule has 0 bridgehead atoms. The Bertz CT molecular complexity index is 714. The summed E-state index contributed by atoms with van der Waals surface area (Å²) in [4.78, 5) is 62.3. The van der Waals surface area contributed by atoms with Gasteiger partial charge < -0.3 is 31.5 Å². The Morgan fingerprint density at radius 3 is 2.06 bits per heavy atom. The van der Waals surface area contributed by atoms with E-state index < -0.39 is 60.2 Å². The number of likely N-dealkylation sites (tertiary alicyclic amines) is 1. The maximum atomic E-state index is 13.3. The van der Waals surface area contributed by atoms with Gasteiger partial charge in [-0.1, -0.05) is 40.5 Å². The van der Waals surface area contributed by atoms with Crippen molar-refractivity contribution in [1.29, 1.82) is 0 Å². The number of rotatable bonds is 12. The lowest BCUT2D eigenvalue weighted by molar-refractivity contribution is -0.146. The van der Waals surface area contributed by atoms with Crippen LogP contribution in [0.25, 0.3) is 0 Å². The predicted octanol–water partition coefficient (Wildman–Crippen LogP) is -0.0742. The first-order valence-electron chi connectivity index (χ1n) is 11.1. The van der Waals surface area contributed by atoms with Gasteiger partial charge in [0.05, 0.1) is 12.5 Å². The van der Waals surface area contributed by atoms with E-state index in [0.717, 1.165) is 0 Å². The zero-order valence-electron chi connectivity index (χ0n) is 19.2. The maximum absolute atomic E-state index is 13.3. The van der Waals surface area contributed by atoms with Crippen molar-refractivity contribution >= 4 is 29.7 Å². The average molecular weight is 457 g/mol. The molecule has 6 unspecified atom stereocenters. The molecule has 0 spiro atoms. The number of carboxylic acids is 2. The molecular weight excluding hydrogens is 420 g/mol. The molecule has 1 rings (SSSR count). The maximum Gasteiger partial charge on any atom is 0.326 e. The third-order valence-electron chi connectivity index (χ3n) is 6.12. The number of nitrogens with zero attached hydrogens (tertiary/aromatic N) is 1. The fourth-order valence-electron chi connectivity index (χ4n) is 3.64. The van der Waals surface area contributed by atoms with Crippen molar-refractivity contribution in [2.75, 3.05) is 6.54 Å². The van der Waals surface area contributed by atoms with Crippen LogP contribution >= 0.6 is 0 Å². The monoisotopic (exact) mass is 456 g/mol. The molecule has 182 valence electrons. The summed E-state index contributed by atoms with van der Waals surface area (Å²) >= 11 is 0. The van der Waals surface area contributed by atoms with Gasteiger partial charge in [-0.3, -0.25) is 19.2 Å². The van der Waals surface area contributed by atoms with Crippen molar-refractivity contribution in [1.82, 2.24) is 15.5 Å². The van der Waals surface area contributed by atoms with Crippen LogP contribution in [-0.2, 0) is 24.0 Å². The molecule has 0 radical (unpaired) electrons. The summed E-state index contributed by atoms with van der Waals surface area (Å²) in [6, 6.07) is -4.20. The van der Waals surface area contributed by atoms with Crippen molar-refractivity contribution in [3.05, 3.63) is 0 Å². The quantitative estimate of drug-likeness (QED) is 0.270. The van der Waals surface area contributed by atoms with E-state index in [4.69, 9.17) is 10.8 Å². The van der Waals surface area contributed by atoms with E-state index in [2.05, 4.69) is 10.6 Å². The SMILES string of the molecule is CCC(C)C(NC(=O)C1CCCN1C(=O)C(NC(=O)C(N)CC(=O)O)C(C)CC)C(=O)O. The third-order valence-corrected chi connectivity index (χ3v) is 6.12. The minimum absolute atomic E-state index is 0.287. The van der Waals surface area contributed by atoms with Gasteiger partial charge in [0.15, 0.2) is 0 Å². The lowest BCUT2D eigenvalue weighted by atomic mass is 9.96. The lowest BCUT2D eigenvalue weighted by Gasteiger charge is -2.32. The Labute approximate surface area is 188 Å². The second kappa shape index (κ2) is 12.4. The standard InChI is InChI=1S/C21H36N4O7/c1-5-11(3)16(23-18(28)13(22)10-15(26)27)20(30)25-9-7-8-14(25)19(29)24-17(21(31)32)12(4)6-2/h11-14,16-17H,5-10,22H2,1-4H3,(H,23,28)(H,24,29)(H,26,27)(H,31,32). The Kier molecular flexibility index (Phi) is 10.6. The highest BCUT2D eigenvalue weighted by atomic mass is 16.4. The molecule has 11 nitrogen and oxygen atoms in total. The summed E-state index contributed by atoms with van der Waals surface area (Å²) in [6.45, 7) is 7.45. The summed E-state index contributed by atoms with van der Waals surface area (Å²) in [5, 5.41) is 23.4. The van der Waals surface area contributed by atoms with E-state index in [-0.39, 0.29) is 11.8 Å². The Balaban J connectivity index is 3.01. The zero-order chi connectivity index (χ0) is 24.6. The van der Waals surface area contributed by atoms with Crippen LogP contribution in [-0.4, -0.2) is 75.5 Å². The molecule has 0 saturated carbocycles. The highest BCUT2D eigenvalue weighted by Crippen LogP contribution is 2.22. The molecule has 1 heterocycles. The molecule has 1 aliphatic heterocycles. The number of nitrogens with two attached hydrogens (primary N) is 1. The number of carbonyl (C=O) groups excluding carboxylic acids is 3. The number of aliphatic carboxylic acids is 2. The minimum Gasteiger partial charge on any atom is -0.481 e. The summed E-state index contributed by atoms with van der Waals surface area (Å²) in [6.07, 6.45) is 1.47. The Morgan fingerprint density at radius 2 is 1.56 bits per heavy atom. The van der Waals surface area contributed by atoms with Crippen molar-refractivity contribution in [3.63, 3.8) is 0 Å². The van der Waals surface area contributed by atoms with Crippen molar-refractivity contribution in [2.45, 2.75) is 84.0 Å². The van der Waals surface area contributed by atoms with Gasteiger partial charge in [0, 0.05) is 6.54 Å². The molecule has 0 aromatic rings.